The molecule has 1 fully saturated rings. The Bertz CT molecular complexity index is 1250. The molecular weight excluding hydrogens is 547 g/mol. The fourth-order valence-corrected chi connectivity index (χ4v) is 4.29. The molecule has 0 N–H and O–H groups in total. The first kappa shape index (κ1) is 22.1. The third-order valence-electron chi connectivity index (χ3n) is 4.69. The number of nitrogens with zero attached hydrogens (tertiary/aromatic N) is 2. The SMILES string of the molecule is COc1ccc(-c2ccc(/C=C3/SC(=O)N(Cc4ccc(I)cc4)C3=O)o2)c([N+](=O)[O-])c1. The lowest BCUT2D eigenvalue weighted by molar-refractivity contribution is -0.384. The van der Waals surface area contributed by atoms with Crippen molar-refractivity contribution in [2.75, 3.05) is 7.11 Å². The average molecular weight is 562 g/mol. The average Bonchev–Trinajstić information content (AvgIpc) is 3.35. The van der Waals surface area contributed by atoms with E-state index in [-0.39, 0.29) is 33.7 Å². The van der Waals surface area contributed by atoms with Gasteiger partial charge in [0.25, 0.3) is 16.8 Å². The summed E-state index contributed by atoms with van der Waals surface area (Å²) in [6.07, 6.45) is 1.47. The largest absolute Gasteiger partial charge is 0.497 e. The van der Waals surface area contributed by atoms with E-state index in [9.17, 15) is 19.7 Å². The predicted molar refractivity (Wildman–Crippen MR) is 128 cm³/mol. The standard InChI is InChI=1S/C22H15IN2O6S/c1-30-15-6-8-17(18(10-15)25(28)29)19-9-7-16(31-19)11-20-21(26)24(22(27)32-20)12-13-2-4-14(23)5-3-13/h2-11H,12H2,1H3/b20-11+. The Labute approximate surface area is 200 Å². The quantitative estimate of drug-likeness (QED) is 0.164. The number of hydrogen-bond donors (Lipinski definition) is 0. The molecule has 1 saturated heterocycles. The van der Waals surface area contributed by atoms with Crippen LogP contribution in [0.3, 0.4) is 0 Å². The Hall–Kier alpha value is -3.12. The van der Waals surface area contributed by atoms with E-state index in [4.69, 9.17) is 9.15 Å². The van der Waals surface area contributed by atoms with Gasteiger partial charge in [-0.2, -0.15) is 0 Å². The van der Waals surface area contributed by atoms with Crippen LogP contribution in [0.4, 0.5) is 10.5 Å². The van der Waals surface area contributed by atoms with E-state index in [0.717, 1.165) is 20.9 Å². The molecule has 8 nitrogen and oxygen atoms in total. The molecule has 10 heteroatoms. The summed E-state index contributed by atoms with van der Waals surface area (Å²) in [5, 5.41) is 11.1. The van der Waals surface area contributed by atoms with E-state index < -0.39 is 10.8 Å². The number of benzene rings is 2. The number of furan rings is 1. The number of hydrogen-bond acceptors (Lipinski definition) is 7. The van der Waals surface area contributed by atoms with Gasteiger partial charge < -0.3 is 9.15 Å². The highest BCUT2D eigenvalue weighted by Crippen LogP contribution is 2.37. The molecule has 0 unspecified atom stereocenters. The Morgan fingerprint density at radius 2 is 1.91 bits per heavy atom. The van der Waals surface area contributed by atoms with Crippen LogP contribution >= 0.6 is 34.4 Å². The van der Waals surface area contributed by atoms with Gasteiger partial charge in [-0.3, -0.25) is 24.6 Å². The highest BCUT2D eigenvalue weighted by molar-refractivity contribution is 14.1. The second kappa shape index (κ2) is 9.17. The van der Waals surface area contributed by atoms with Crippen molar-refractivity contribution < 1.29 is 23.7 Å². The second-order valence-corrected chi connectivity index (χ2v) is 8.98. The molecule has 1 aromatic heterocycles. The number of nitro groups is 1. The van der Waals surface area contributed by atoms with Crippen LogP contribution in [0.25, 0.3) is 17.4 Å². The molecule has 32 heavy (non-hydrogen) atoms. The summed E-state index contributed by atoms with van der Waals surface area (Å²) in [6, 6.07) is 15.2. The van der Waals surface area contributed by atoms with Crippen LogP contribution in [0.15, 0.2) is 63.9 Å². The smallest absolute Gasteiger partial charge is 0.293 e. The van der Waals surface area contributed by atoms with E-state index >= 15 is 0 Å². The van der Waals surface area contributed by atoms with Gasteiger partial charge in [-0.05, 0) is 76.3 Å². The molecule has 2 heterocycles. The van der Waals surface area contributed by atoms with E-state index in [2.05, 4.69) is 22.6 Å². The molecule has 0 radical (unpaired) electrons. The molecule has 4 rings (SSSR count). The fourth-order valence-electron chi connectivity index (χ4n) is 3.11. The van der Waals surface area contributed by atoms with Crippen LogP contribution < -0.4 is 4.74 Å². The van der Waals surface area contributed by atoms with Crippen molar-refractivity contribution in [3.63, 3.8) is 0 Å². The van der Waals surface area contributed by atoms with Gasteiger partial charge in [-0.1, -0.05) is 12.1 Å². The maximum Gasteiger partial charge on any atom is 0.293 e. The molecule has 0 aliphatic carbocycles. The maximum atomic E-state index is 12.8. The fraction of sp³-hybridized carbons (Fsp3) is 0.0909. The number of rotatable bonds is 6. The summed E-state index contributed by atoms with van der Waals surface area (Å²) in [5.74, 6) is 0.523. The van der Waals surface area contributed by atoms with Gasteiger partial charge in [0, 0.05) is 9.65 Å². The molecule has 162 valence electrons. The summed E-state index contributed by atoms with van der Waals surface area (Å²) in [7, 11) is 1.43. The molecule has 2 amide bonds. The van der Waals surface area contributed by atoms with Gasteiger partial charge in [-0.15, -0.1) is 0 Å². The Kier molecular flexibility index (Phi) is 6.33. The summed E-state index contributed by atoms with van der Waals surface area (Å²) in [4.78, 5) is 37.4. The topological polar surface area (TPSA) is 103 Å². The lowest BCUT2D eigenvalue weighted by Gasteiger charge is -2.12. The van der Waals surface area contributed by atoms with Crippen LogP contribution in [-0.2, 0) is 11.3 Å². The Morgan fingerprint density at radius 1 is 1.16 bits per heavy atom. The van der Waals surface area contributed by atoms with Crippen molar-refractivity contribution in [3.05, 3.63) is 84.5 Å². The van der Waals surface area contributed by atoms with E-state index in [0.29, 0.717) is 11.5 Å². The lowest BCUT2D eigenvalue weighted by atomic mass is 10.1. The van der Waals surface area contributed by atoms with Gasteiger partial charge in [0.05, 0.1) is 35.1 Å². The number of ether oxygens (including phenoxy) is 1. The second-order valence-electron chi connectivity index (χ2n) is 6.74. The molecule has 0 spiro atoms. The maximum absolute atomic E-state index is 12.8. The molecule has 3 aromatic rings. The number of halogens is 1. The van der Waals surface area contributed by atoms with E-state index in [1.165, 1.54) is 30.2 Å². The van der Waals surface area contributed by atoms with Crippen LogP contribution in [0, 0.1) is 13.7 Å². The zero-order chi connectivity index (χ0) is 22.8. The van der Waals surface area contributed by atoms with Crippen LogP contribution in [0.1, 0.15) is 11.3 Å². The molecule has 0 atom stereocenters. The summed E-state index contributed by atoms with van der Waals surface area (Å²) < 4.78 is 11.8. The van der Waals surface area contributed by atoms with Crippen molar-refractivity contribution in [2.24, 2.45) is 0 Å². The number of carbonyl (C=O) groups excluding carboxylic acids is 2. The first-order chi connectivity index (χ1) is 15.4. The monoisotopic (exact) mass is 562 g/mol. The molecule has 1 aliphatic rings. The minimum atomic E-state index is -0.518. The van der Waals surface area contributed by atoms with Gasteiger partial charge >= 0.3 is 0 Å². The number of imide groups is 1. The third kappa shape index (κ3) is 4.55. The Morgan fingerprint density at radius 3 is 2.59 bits per heavy atom. The van der Waals surface area contributed by atoms with Crippen LogP contribution in [-0.4, -0.2) is 28.1 Å². The number of nitro benzene ring substituents is 1. The number of amides is 2. The van der Waals surface area contributed by atoms with Gasteiger partial charge in [-0.25, -0.2) is 0 Å². The highest BCUT2D eigenvalue weighted by Gasteiger charge is 2.35. The zero-order valence-corrected chi connectivity index (χ0v) is 19.6. The Balaban J connectivity index is 1.57. The molecule has 0 bridgehead atoms. The molecule has 0 saturated carbocycles. The lowest BCUT2D eigenvalue weighted by Crippen LogP contribution is -2.27. The van der Waals surface area contributed by atoms with Crippen molar-refractivity contribution >= 4 is 57.3 Å². The minimum Gasteiger partial charge on any atom is -0.497 e. The first-order valence-electron chi connectivity index (χ1n) is 9.28. The molecular formula is C22H15IN2O6S. The van der Waals surface area contributed by atoms with Crippen LogP contribution in [0.2, 0.25) is 0 Å². The van der Waals surface area contributed by atoms with Gasteiger partial charge in [0.1, 0.15) is 17.3 Å². The molecule has 1 aliphatic heterocycles. The number of thioether (sulfide) groups is 1. The highest BCUT2D eigenvalue weighted by atomic mass is 127. The predicted octanol–water partition coefficient (Wildman–Crippen LogP) is 5.70. The zero-order valence-electron chi connectivity index (χ0n) is 16.6. The van der Waals surface area contributed by atoms with E-state index in [1.54, 1.807) is 18.2 Å². The van der Waals surface area contributed by atoms with Crippen molar-refractivity contribution in [1.82, 2.24) is 4.90 Å². The summed E-state index contributed by atoms with van der Waals surface area (Å²) in [5.41, 5.74) is 0.964. The van der Waals surface area contributed by atoms with Crippen molar-refractivity contribution in [1.29, 1.82) is 0 Å². The normalized spacial score (nSPS) is 14.9. The third-order valence-corrected chi connectivity index (χ3v) is 6.32. The van der Waals surface area contributed by atoms with Crippen molar-refractivity contribution in [2.45, 2.75) is 6.54 Å². The van der Waals surface area contributed by atoms with Gasteiger partial charge in [0.2, 0.25) is 0 Å². The number of carbonyl (C=O) groups is 2. The number of methoxy groups -OCH3 is 1. The van der Waals surface area contributed by atoms with Crippen molar-refractivity contribution in [3.8, 4) is 17.1 Å². The summed E-state index contributed by atoms with van der Waals surface area (Å²) >= 11 is 3.01. The minimum absolute atomic E-state index is 0.164. The van der Waals surface area contributed by atoms with E-state index in [1.807, 2.05) is 24.3 Å². The van der Waals surface area contributed by atoms with Gasteiger partial charge in [0.15, 0.2) is 0 Å². The molecule has 2 aromatic carbocycles. The van der Waals surface area contributed by atoms with Crippen LogP contribution in [0.5, 0.6) is 5.75 Å². The first-order valence-corrected chi connectivity index (χ1v) is 11.2. The summed E-state index contributed by atoms with van der Waals surface area (Å²) in [6.45, 7) is 0.181.